The lowest BCUT2D eigenvalue weighted by Crippen LogP contribution is -1.98. The molecule has 1 heterocycles. The smallest absolute Gasteiger partial charge is 0.182 e. The second-order valence-corrected chi connectivity index (χ2v) is 6.61. The minimum absolute atomic E-state index is 0.282. The number of aromatic nitrogens is 2. The van der Waals surface area contributed by atoms with E-state index < -0.39 is 5.82 Å². The molecule has 0 unspecified atom stereocenters. The highest BCUT2D eigenvalue weighted by Gasteiger charge is 2.13. The van der Waals surface area contributed by atoms with Gasteiger partial charge in [0.1, 0.15) is 11.6 Å². The monoisotopic (exact) mass is 466 g/mol. The summed E-state index contributed by atoms with van der Waals surface area (Å²) in [5.74, 6) is -0.797. The highest BCUT2D eigenvalue weighted by atomic mass is 127. The van der Waals surface area contributed by atoms with Crippen LogP contribution in [0.25, 0.3) is 16.7 Å². The number of hydrogen-bond acceptors (Lipinski definition) is 1. The van der Waals surface area contributed by atoms with Crippen molar-refractivity contribution in [2.24, 2.45) is 0 Å². The van der Waals surface area contributed by atoms with E-state index in [9.17, 15) is 8.78 Å². The van der Waals surface area contributed by atoms with Gasteiger partial charge in [-0.2, -0.15) is 0 Å². The average Bonchev–Trinajstić information content (AvgIpc) is 2.66. The number of nitrogens with one attached hydrogen (secondary N) is 1. The third-order valence-corrected chi connectivity index (χ3v) is 4.48. The first-order valence-corrected chi connectivity index (χ1v) is 7.80. The van der Waals surface area contributed by atoms with Gasteiger partial charge in [-0.15, -0.1) is 0 Å². The molecule has 0 fully saturated rings. The molecule has 0 aliphatic heterocycles. The van der Waals surface area contributed by atoms with E-state index in [0.717, 1.165) is 0 Å². The van der Waals surface area contributed by atoms with Crippen LogP contribution in [0.5, 0.6) is 0 Å². The van der Waals surface area contributed by atoms with Crippen molar-refractivity contribution < 1.29 is 8.78 Å². The van der Waals surface area contributed by atoms with Gasteiger partial charge in [-0.05, 0) is 59.1 Å². The number of nitrogens with zero attached hydrogens (tertiary/aromatic N) is 1. The molecule has 0 aliphatic rings. The van der Waals surface area contributed by atoms with Crippen molar-refractivity contribution in [3.05, 3.63) is 54.8 Å². The van der Waals surface area contributed by atoms with Crippen LogP contribution in [0.2, 0.25) is 0 Å². The number of imidazole rings is 1. The second kappa shape index (κ2) is 5.19. The molecule has 2 nitrogen and oxygen atoms in total. The standard InChI is InChI=1S/C13H6BrF2IN2S/c14-6-1-2-11(8(16)3-6)19-12-4-7(15)9(17)5-10(12)18-13(19)20/h1-5H,(H,18,20). The van der Waals surface area contributed by atoms with Crippen LogP contribution in [0.4, 0.5) is 8.78 Å². The molecule has 3 rings (SSSR count). The summed E-state index contributed by atoms with van der Waals surface area (Å²) in [5, 5.41) is 0. The van der Waals surface area contributed by atoms with E-state index in [1.165, 1.54) is 16.7 Å². The molecule has 7 heteroatoms. The maximum Gasteiger partial charge on any atom is 0.182 e. The quantitative estimate of drug-likeness (QED) is 0.379. The SMILES string of the molecule is Fc1cc2c(cc1I)[nH]c(=S)n2-c1ccc(Br)cc1F. The molecule has 3 aromatic rings. The Morgan fingerprint density at radius 3 is 2.60 bits per heavy atom. The molecule has 1 aromatic heterocycles. The van der Waals surface area contributed by atoms with E-state index in [0.29, 0.717) is 23.8 Å². The minimum atomic E-state index is -0.435. The van der Waals surface area contributed by atoms with Gasteiger partial charge in [0.05, 0.1) is 20.3 Å². The van der Waals surface area contributed by atoms with Crippen LogP contribution >= 0.6 is 50.7 Å². The van der Waals surface area contributed by atoms with Crippen LogP contribution < -0.4 is 0 Å². The van der Waals surface area contributed by atoms with Gasteiger partial charge in [0.15, 0.2) is 4.77 Å². The zero-order valence-electron chi connectivity index (χ0n) is 9.75. The van der Waals surface area contributed by atoms with Gasteiger partial charge in [-0.25, -0.2) is 8.78 Å². The Morgan fingerprint density at radius 1 is 1.15 bits per heavy atom. The van der Waals surface area contributed by atoms with Gasteiger partial charge in [-0.3, -0.25) is 4.57 Å². The fourth-order valence-electron chi connectivity index (χ4n) is 2.00. The number of rotatable bonds is 1. The number of halogens is 4. The zero-order chi connectivity index (χ0) is 14.4. The molecule has 0 spiro atoms. The molecule has 0 radical (unpaired) electrons. The minimum Gasteiger partial charge on any atom is -0.330 e. The van der Waals surface area contributed by atoms with E-state index in [-0.39, 0.29) is 11.5 Å². The Labute approximate surface area is 140 Å². The molecule has 0 amide bonds. The normalized spacial score (nSPS) is 11.2. The zero-order valence-corrected chi connectivity index (χ0v) is 14.3. The first-order chi connectivity index (χ1) is 9.47. The molecular formula is C13H6BrF2IN2S. The molecule has 20 heavy (non-hydrogen) atoms. The van der Waals surface area contributed by atoms with Crippen LogP contribution in [-0.4, -0.2) is 9.55 Å². The van der Waals surface area contributed by atoms with Crippen molar-refractivity contribution in [1.29, 1.82) is 0 Å². The van der Waals surface area contributed by atoms with Crippen molar-refractivity contribution in [3.8, 4) is 5.69 Å². The number of fused-ring (bicyclic) bond motifs is 1. The van der Waals surface area contributed by atoms with Crippen molar-refractivity contribution in [2.75, 3.05) is 0 Å². The Morgan fingerprint density at radius 2 is 1.90 bits per heavy atom. The summed E-state index contributed by atoms with van der Waals surface area (Å²) in [5.41, 5.74) is 1.46. The first-order valence-electron chi connectivity index (χ1n) is 5.52. The van der Waals surface area contributed by atoms with Crippen molar-refractivity contribution in [3.63, 3.8) is 0 Å². The highest BCUT2D eigenvalue weighted by molar-refractivity contribution is 14.1. The van der Waals surface area contributed by atoms with Crippen molar-refractivity contribution >= 4 is 61.8 Å². The third kappa shape index (κ3) is 2.31. The van der Waals surface area contributed by atoms with E-state index >= 15 is 0 Å². The van der Waals surface area contributed by atoms with E-state index in [2.05, 4.69) is 20.9 Å². The molecule has 0 saturated heterocycles. The lowest BCUT2D eigenvalue weighted by Gasteiger charge is -2.07. The summed E-state index contributed by atoms with van der Waals surface area (Å²) >= 11 is 10.3. The van der Waals surface area contributed by atoms with Crippen LogP contribution in [0, 0.1) is 20.0 Å². The fraction of sp³-hybridized carbons (Fsp3) is 0. The fourth-order valence-corrected chi connectivity index (χ4v) is 3.11. The summed E-state index contributed by atoms with van der Waals surface area (Å²) in [6, 6.07) is 7.65. The Bertz CT molecular complexity index is 888. The van der Waals surface area contributed by atoms with E-state index in [1.54, 1.807) is 18.2 Å². The van der Waals surface area contributed by atoms with E-state index in [4.69, 9.17) is 12.2 Å². The lowest BCUT2D eigenvalue weighted by molar-refractivity contribution is 0.615. The first kappa shape index (κ1) is 14.2. The third-order valence-electron chi connectivity index (χ3n) is 2.87. The number of hydrogen-bond donors (Lipinski definition) is 1. The topological polar surface area (TPSA) is 20.7 Å². The molecule has 102 valence electrons. The Balaban J connectivity index is 2.39. The largest absolute Gasteiger partial charge is 0.330 e. The molecular weight excluding hydrogens is 461 g/mol. The van der Waals surface area contributed by atoms with Gasteiger partial charge < -0.3 is 4.98 Å². The molecule has 1 N–H and O–H groups in total. The summed E-state index contributed by atoms with van der Waals surface area (Å²) in [4.78, 5) is 2.96. The lowest BCUT2D eigenvalue weighted by atomic mass is 10.2. The van der Waals surface area contributed by atoms with Gasteiger partial charge >= 0.3 is 0 Å². The van der Waals surface area contributed by atoms with Crippen LogP contribution in [0.1, 0.15) is 0 Å². The van der Waals surface area contributed by atoms with Crippen molar-refractivity contribution in [1.82, 2.24) is 9.55 Å². The summed E-state index contributed by atoms with van der Waals surface area (Å²) in [7, 11) is 0. The van der Waals surface area contributed by atoms with E-state index in [1.807, 2.05) is 22.6 Å². The van der Waals surface area contributed by atoms with Crippen LogP contribution in [0.3, 0.4) is 0 Å². The van der Waals surface area contributed by atoms with Gasteiger partial charge in [-0.1, -0.05) is 15.9 Å². The molecule has 2 aromatic carbocycles. The second-order valence-electron chi connectivity index (χ2n) is 4.14. The Kier molecular flexibility index (Phi) is 3.67. The number of benzene rings is 2. The Hall–Kier alpha value is -0.800. The number of aromatic amines is 1. The van der Waals surface area contributed by atoms with Crippen LogP contribution in [-0.2, 0) is 0 Å². The predicted octanol–water partition coefficient (Wildman–Crippen LogP) is 5.33. The number of H-pyrrole nitrogens is 1. The van der Waals surface area contributed by atoms with Gasteiger partial charge in [0.25, 0.3) is 0 Å². The molecule has 0 aliphatic carbocycles. The highest BCUT2D eigenvalue weighted by Crippen LogP contribution is 2.26. The molecule has 0 saturated carbocycles. The summed E-state index contributed by atoms with van der Waals surface area (Å²) < 4.78 is 30.8. The van der Waals surface area contributed by atoms with Gasteiger partial charge in [0, 0.05) is 10.5 Å². The van der Waals surface area contributed by atoms with Crippen molar-refractivity contribution in [2.45, 2.75) is 0 Å². The molecule has 0 atom stereocenters. The predicted molar refractivity (Wildman–Crippen MR) is 88.8 cm³/mol. The maximum atomic E-state index is 14.1. The van der Waals surface area contributed by atoms with Crippen LogP contribution in [0.15, 0.2) is 34.8 Å². The maximum absolute atomic E-state index is 14.1. The van der Waals surface area contributed by atoms with Gasteiger partial charge in [0.2, 0.25) is 0 Å². The molecule has 0 bridgehead atoms. The summed E-state index contributed by atoms with van der Waals surface area (Å²) in [6.07, 6.45) is 0. The summed E-state index contributed by atoms with van der Waals surface area (Å²) in [6.45, 7) is 0. The average molecular weight is 467 g/mol.